The molecule has 0 aliphatic rings. The van der Waals surface area contributed by atoms with Crippen molar-refractivity contribution in [3.05, 3.63) is 53.1 Å². The standard InChI is InChI=1S/C17H20O4/c1-12(2)17(20)21-10-4-5-15(16(18)19)11-14-8-6-13(3)7-9-14/h6-9,11H,1,4-5,10H2,2-3H3,(H,18,19). The molecular weight excluding hydrogens is 268 g/mol. The van der Waals surface area contributed by atoms with E-state index >= 15 is 0 Å². The van der Waals surface area contributed by atoms with Crippen molar-refractivity contribution in [1.82, 2.24) is 0 Å². The van der Waals surface area contributed by atoms with Gasteiger partial charge < -0.3 is 9.84 Å². The van der Waals surface area contributed by atoms with Gasteiger partial charge in [-0.15, -0.1) is 0 Å². The van der Waals surface area contributed by atoms with Crippen LogP contribution in [0.3, 0.4) is 0 Å². The molecule has 0 spiro atoms. The molecule has 4 nitrogen and oxygen atoms in total. The number of ether oxygens (including phenoxy) is 1. The van der Waals surface area contributed by atoms with E-state index in [0.29, 0.717) is 24.0 Å². The number of carboxylic acids is 1. The van der Waals surface area contributed by atoms with E-state index in [-0.39, 0.29) is 6.61 Å². The van der Waals surface area contributed by atoms with Gasteiger partial charge in [-0.3, -0.25) is 0 Å². The van der Waals surface area contributed by atoms with Crippen LogP contribution in [0, 0.1) is 6.92 Å². The van der Waals surface area contributed by atoms with Gasteiger partial charge in [0.2, 0.25) is 0 Å². The van der Waals surface area contributed by atoms with Crippen molar-refractivity contribution in [2.75, 3.05) is 6.61 Å². The highest BCUT2D eigenvalue weighted by atomic mass is 16.5. The maximum Gasteiger partial charge on any atom is 0.333 e. The van der Waals surface area contributed by atoms with E-state index in [0.717, 1.165) is 11.1 Å². The van der Waals surface area contributed by atoms with Crippen molar-refractivity contribution in [3.63, 3.8) is 0 Å². The van der Waals surface area contributed by atoms with E-state index in [1.807, 2.05) is 31.2 Å². The lowest BCUT2D eigenvalue weighted by molar-refractivity contribution is -0.139. The summed E-state index contributed by atoms with van der Waals surface area (Å²) >= 11 is 0. The highest BCUT2D eigenvalue weighted by Gasteiger charge is 2.08. The molecule has 0 amide bonds. The van der Waals surface area contributed by atoms with E-state index in [1.54, 1.807) is 13.0 Å². The first-order valence-corrected chi connectivity index (χ1v) is 6.73. The Bertz CT molecular complexity index is 553. The monoisotopic (exact) mass is 288 g/mol. The molecule has 0 saturated heterocycles. The fourth-order valence-corrected chi connectivity index (χ4v) is 1.66. The second kappa shape index (κ2) is 8.04. The Morgan fingerprint density at radius 3 is 2.43 bits per heavy atom. The van der Waals surface area contributed by atoms with E-state index < -0.39 is 11.9 Å². The summed E-state index contributed by atoms with van der Waals surface area (Å²) in [5.74, 6) is -1.41. The molecule has 0 aromatic heterocycles. The summed E-state index contributed by atoms with van der Waals surface area (Å²) in [5.41, 5.74) is 2.60. The molecule has 0 bridgehead atoms. The summed E-state index contributed by atoms with van der Waals surface area (Å²) in [5, 5.41) is 9.20. The molecule has 4 heteroatoms. The van der Waals surface area contributed by atoms with Crippen molar-refractivity contribution in [3.8, 4) is 0 Å². The molecule has 1 aromatic carbocycles. The van der Waals surface area contributed by atoms with E-state index in [1.165, 1.54) is 0 Å². The first kappa shape index (κ1) is 16.7. The van der Waals surface area contributed by atoms with Crippen LogP contribution < -0.4 is 0 Å². The van der Waals surface area contributed by atoms with Crippen LogP contribution in [-0.2, 0) is 14.3 Å². The second-order valence-electron chi connectivity index (χ2n) is 4.91. The van der Waals surface area contributed by atoms with Crippen molar-refractivity contribution in [2.45, 2.75) is 26.7 Å². The minimum Gasteiger partial charge on any atom is -0.478 e. The zero-order chi connectivity index (χ0) is 15.8. The fraction of sp³-hybridized carbons (Fsp3) is 0.294. The molecule has 1 rings (SSSR count). The molecule has 0 unspecified atom stereocenters. The number of carbonyl (C=O) groups excluding carboxylic acids is 1. The lowest BCUT2D eigenvalue weighted by Gasteiger charge is -2.05. The molecular formula is C17H20O4. The molecule has 112 valence electrons. The van der Waals surface area contributed by atoms with Crippen molar-refractivity contribution >= 4 is 18.0 Å². The molecule has 1 N–H and O–H groups in total. The van der Waals surface area contributed by atoms with Gasteiger partial charge in [-0.2, -0.15) is 0 Å². The van der Waals surface area contributed by atoms with Crippen LogP contribution in [0.5, 0.6) is 0 Å². The van der Waals surface area contributed by atoms with Gasteiger partial charge in [-0.1, -0.05) is 36.4 Å². The predicted molar refractivity (Wildman–Crippen MR) is 81.8 cm³/mol. The van der Waals surface area contributed by atoms with Crippen LogP contribution in [0.1, 0.15) is 30.9 Å². The first-order valence-electron chi connectivity index (χ1n) is 6.73. The number of benzene rings is 1. The number of carboxylic acid groups (broad SMARTS) is 1. The lowest BCUT2D eigenvalue weighted by Crippen LogP contribution is -2.08. The number of aliphatic carboxylic acids is 1. The smallest absolute Gasteiger partial charge is 0.333 e. The van der Waals surface area contributed by atoms with E-state index in [9.17, 15) is 14.7 Å². The average Bonchev–Trinajstić information content (AvgIpc) is 2.43. The highest BCUT2D eigenvalue weighted by molar-refractivity contribution is 5.92. The van der Waals surface area contributed by atoms with Gasteiger partial charge in [0.25, 0.3) is 0 Å². The van der Waals surface area contributed by atoms with Gasteiger partial charge in [0.15, 0.2) is 0 Å². The van der Waals surface area contributed by atoms with Gasteiger partial charge in [0.1, 0.15) is 0 Å². The van der Waals surface area contributed by atoms with Gasteiger partial charge in [-0.05, 0) is 38.3 Å². The zero-order valence-electron chi connectivity index (χ0n) is 12.4. The molecule has 0 fully saturated rings. The molecule has 21 heavy (non-hydrogen) atoms. The minimum atomic E-state index is -0.957. The predicted octanol–water partition coefficient (Wildman–Crippen LogP) is 3.36. The van der Waals surface area contributed by atoms with E-state index in [2.05, 4.69) is 6.58 Å². The van der Waals surface area contributed by atoms with Crippen LogP contribution in [0.4, 0.5) is 0 Å². The Balaban J connectivity index is 2.58. The van der Waals surface area contributed by atoms with Crippen LogP contribution >= 0.6 is 0 Å². The minimum absolute atomic E-state index is 0.185. The van der Waals surface area contributed by atoms with Gasteiger partial charge in [0.05, 0.1) is 6.61 Å². The molecule has 0 aliphatic carbocycles. The highest BCUT2D eigenvalue weighted by Crippen LogP contribution is 2.13. The summed E-state index contributed by atoms with van der Waals surface area (Å²) in [6.07, 6.45) is 2.44. The first-order chi connectivity index (χ1) is 9.90. The quantitative estimate of drug-likeness (QED) is 0.474. The third-order valence-corrected chi connectivity index (χ3v) is 2.87. The maximum absolute atomic E-state index is 11.2. The van der Waals surface area contributed by atoms with E-state index in [4.69, 9.17) is 4.74 Å². The average molecular weight is 288 g/mol. The van der Waals surface area contributed by atoms with Gasteiger partial charge >= 0.3 is 11.9 Å². The number of hydrogen-bond acceptors (Lipinski definition) is 3. The Morgan fingerprint density at radius 1 is 1.29 bits per heavy atom. The summed E-state index contributed by atoms with van der Waals surface area (Å²) in [7, 11) is 0. The zero-order valence-corrected chi connectivity index (χ0v) is 12.4. The lowest BCUT2D eigenvalue weighted by atomic mass is 10.1. The van der Waals surface area contributed by atoms with Crippen molar-refractivity contribution in [1.29, 1.82) is 0 Å². The summed E-state index contributed by atoms with van der Waals surface area (Å²) in [6, 6.07) is 7.61. The number of hydrogen-bond donors (Lipinski definition) is 1. The summed E-state index contributed by atoms with van der Waals surface area (Å²) in [6.45, 7) is 7.21. The maximum atomic E-state index is 11.2. The largest absolute Gasteiger partial charge is 0.478 e. The van der Waals surface area contributed by atoms with Crippen molar-refractivity contribution < 1.29 is 19.4 Å². The Kier molecular flexibility index (Phi) is 6.40. The van der Waals surface area contributed by atoms with Crippen LogP contribution in [0.2, 0.25) is 0 Å². The van der Waals surface area contributed by atoms with Crippen LogP contribution in [0.15, 0.2) is 42.0 Å². The third kappa shape index (κ3) is 6.08. The third-order valence-electron chi connectivity index (χ3n) is 2.87. The topological polar surface area (TPSA) is 63.6 Å². The van der Waals surface area contributed by atoms with Crippen LogP contribution in [-0.4, -0.2) is 23.7 Å². The Hall–Kier alpha value is -2.36. The molecule has 1 aromatic rings. The molecule has 0 radical (unpaired) electrons. The number of carbonyl (C=O) groups is 2. The molecule has 0 saturated carbocycles. The molecule has 0 heterocycles. The summed E-state index contributed by atoms with van der Waals surface area (Å²) in [4.78, 5) is 22.4. The SMILES string of the molecule is C=C(C)C(=O)OCCCC(=Cc1ccc(C)cc1)C(=O)O. The molecule has 0 aliphatic heterocycles. The normalized spacial score (nSPS) is 11.0. The summed E-state index contributed by atoms with van der Waals surface area (Å²) < 4.78 is 4.94. The van der Waals surface area contributed by atoms with Gasteiger partial charge in [0, 0.05) is 11.1 Å². The van der Waals surface area contributed by atoms with Gasteiger partial charge in [-0.25, -0.2) is 9.59 Å². The second-order valence-corrected chi connectivity index (χ2v) is 4.91. The number of rotatable bonds is 7. The molecule has 0 atom stereocenters. The fourth-order valence-electron chi connectivity index (χ4n) is 1.66. The Labute approximate surface area is 124 Å². The number of esters is 1. The number of aryl methyl sites for hydroxylation is 1. The van der Waals surface area contributed by atoms with Crippen LogP contribution in [0.25, 0.3) is 6.08 Å². The van der Waals surface area contributed by atoms with Crippen molar-refractivity contribution in [2.24, 2.45) is 0 Å². The Morgan fingerprint density at radius 2 is 1.90 bits per heavy atom.